The molecule has 0 aliphatic heterocycles. The first kappa shape index (κ1) is 18.6. The minimum Gasteiger partial charge on any atom is -0.486 e. The normalized spacial score (nSPS) is 10.7. The van der Waals surface area contributed by atoms with E-state index in [1.165, 1.54) is 6.07 Å². The highest BCUT2D eigenvalue weighted by molar-refractivity contribution is 6.04. The van der Waals surface area contributed by atoms with E-state index in [1.807, 2.05) is 20.9 Å². The number of anilines is 1. The van der Waals surface area contributed by atoms with Crippen molar-refractivity contribution < 1.29 is 18.3 Å². The number of rotatable bonds is 5. The maximum atomic E-state index is 13.6. The van der Waals surface area contributed by atoms with Crippen LogP contribution in [0.2, 0.25) is 0 Å². The number of nitrogens with one attached hydrogen (secondary N) is 1. The molecule has 0 bridgehead atoms. The Balaban J connectivity index is 1.72. The Kier molecular flexibility index (Phi) is 5.21. The van der Waals surface area contributed by atoms with Crippen LogP contribution in [0.1, 0.15) is 27.3 Å². The zero-order valence-corrected chi connectivity index (χ0v) is 15.2. The van der Waals surface area contributed by atoms with E-state index in [2.05, 4.69) is 10.4 Å². The monoisotopic (exact) mass is 371 g/mol. The van der Waals surface area contributed by atoms with E-state index in [4.69, 9.17) is 4.74 Å². The Labute approximate surface area is 155 Å². The second kappa shape index (κ2) is 7.57. The summed E-state index contributed by atoms with van der Waals surface area (Å²) >= 11 is 0. The molecule has 1 amide bonds. The van der Waals surface area contributed by atoms with Gasteiger partial charge >= 0.3 is 0 Å². The molecule has 0 fully saturated rings. The molecule has 3 aromatic rings. The number of benzene rings is 2. The predicted octanol–water partition coefficient (Wildman–Crippen LogP) is 4.15. The lowest BCUT2D eigenvalue weighted by Crippen LogP contribution is -2.13. The summed E-state index contributed by atoms with van der Waals surface area (Å²) in [6, 6.07) is 9.94. The number of aryl methyl sites for hydroxylation is 2. The van der Waals surface area contributed by atoms with E-state index < -0.39 is 11.6 Å². The van der Waals surface area contributed by atoms with Gasteiger partial charge in [-0.25, -0.2) is 8.78 Å². The number of carbonyl (C=O) groups excluding carboxylic acids is 1. The van der Waals surface area contributed by atoms with Gasteiger partial charge in [0.1, 0.15) is 12.4 Å². The molecule has 5 nitrogen and oxygen atoms in total. The summed E-state index contributed by atoms with van der Waals surface area (Å²) in [4.78, 5) is 12.6. The Hall–Kier alpha value is -3.22. The number of carbonyl (C=O) groups is 1. The average Bonchev–Trinajstić information content (AvgIpc) is 2.87. The lowest BCUT2D eigenvalue weighted by molar-refractivity contribution is 0.102. The predicted molar refractivity (Wildman–Crippen MR) is 97.8 cm³/mol. The minimum absolute atomic E-state index is 0.0483. The molecule has 2 aromatic carbocycles. The smallest absolute Gasteiger partial charge is 0.255 e. The summed E-state index contributed by atoms with van der Waals surface area (Å²) < 4.78 is 33.7. The third-order valence-corrected chi connectivity index (χ3v) is 4.22. The highest BCUT2D eigenvalue weighted by atomic mass is 19.1. The van der Waals surface area contributed by atoms with Crippen molar-refractivity contribution in [1.29, 1.82) is 0 Å². The van der Waals surface area contributed by atoms with Crippen LogP contribution >= 0.6 is 0 Å². The molecule has 140 valence electrons. The quantitative estimate of drug-likeness (QED) is 0.733. The Morgan fingerprint density at radius 1 is 1.19 bits per heavy atom. The third-order valence-electron chi connectivity index (χ3n) is 4.22. The van der Waals surface area contributed by atoms with Crippen molar-refractivity contribution in [3.8, 4) is 5.75 Å². The number of hydrogen-bond acceptors (Lipinski definition) is 3. The molecule has 0 saturated carbocycles. The van der Waals surface area contributed by atoms with Crippen molar-refractivity contribution in [2.45, 2.75) is 20.5 Å². The van der Waals surface area contributed by atoms with Crippen molar-refractivity contribution in [2.24, 2.45) is 7.05 Å². The SMILES string of the molecule is Cc1nn(C)c(C)c1NC(=O)c1cccc(COc2ccc(F)cc2F)c1. The fourth-order valence-electron chi connectivity index (χ4n) is 2.70. The fourth-order valence-corrected chi connectivity index (χ4v) is 2.70. The van der Waals surface area contributed by atoms with Crippen LogP contribution in [0.25, 0.3) is 0 Å². The summed E-state index contributed by atoms with van der Waals surface area (Å²) in [5, 5.41) is 7.14. The Morgan fingerprint density at radius 3 is 2.63 bits per heavy atom. The Morgan fingerprint density at radius 2 is 1.96 bits per heavy atom. The summed E-state index contributed by atoms with van der Waals surface area (Å²) in [5.41, 5.74) is 3.39. The number of aromatic nitrogens is 2. The van der Waals surface area contributed by atoms with Crippen LogP contribution in [-0.4, -0.2) is 15.7 Å². The van der Waals surface area contributed by atoms with Crippen LogP contribution in [0.5, 0.6) is 5.75 Å². The van der Waals surface area contributed by atoms with Crippen molar-refractivity contribution >= 4 is 11.6 Å². The second-order valence-corrected chi connectivity index (χ2v) is 6.19. The highest BCUT2D eigenvalue weighted by Gasteiger charge is 2.14. The van der Waals surface area contributed by atoms with E-state index >= 15 is 0 Å². The topological polar surface area (TPSA) is 56.2 Å². The van der Waals surface area contributed by atoms with Gasteiger partial charge in [-0.15, -0.1) is 0 Å². The average molecular weight is 371 g/mol. The van der Waals surface area contributed by atoms with Gasteiger partial charge in [-0.2, -0.15) is 5.10 Å². The van der Waals surface area contributed by atoms with Crippen LogP contribution in [0, 0.1) is 25.5 Å². The number of hydrogen-bond donors (Lipinski definition) is 1. The molecule has 0 unspecified atom stereocenters. The van der Waals surface area contributed by atoms with Gasteiger partial charge in [-0.05, 0) is 43.7 Å². The standard InChI is InChI=1S/C20H19F2N3O2/c1-12-19(13(2)25(3)24-12)23-20(26)15-6-4-5-14(9-15)11-27-18-8-7-16(21)10-17(18)22/h4-10H,11H2,1-3H3,(H,23,26). The Bertz CT molecular complexity index is 999. The van der Waals surface area contributed by atoms with Crippen molar-refractivity contribution in [3.63, 3.8) is 0 Å². The molecule has 1 N–H and O–H groups in total. The van der Waals surface area contributed by atoms with E-state index in [-0.39, 0.29) is 18.3 Å². The van der Waals surface area contributed by atoms with Crippen LogP contribution in [0.4, 0.5) is 14.5 Å². The molecule has 0 radical (unpaired) electrons. The van der Waals surface area contributed by atoms with Crippen LogP contribution in [0.15, 0.2) is 42.5 Å². The van der Waals surface area contributed by atoms with E-state index in [0.29, 0.717) is 16.8 Å². The maximum absolute atomic E-state index is 13.6. The molecule has 0 saturated heterocycles. The zero-order chi connectivity index (χ0) is 19.6. The van der Waals surface area contributed by atoms with Crippen LogP contribution in [-0.2, 0) is 13.7 Å². The van der Waals surface area contributed by atoms with Crippen LogP contribution in [0.3, 0.4) is 0 Å². The highest BCUT2D eigenvalue weighted by Crippen LogP contribution is 2.21. The molecular formula is C20H19F2N3O2. The largest absolute Gasteiger partial charge is 0.486 e. The van der Waals surface area contributed by atoms with Gasteiger partial charge in [0.05, 0.1) is 17.1 Å². The first-order valence-electron chi connectivity index (χ1n) is 8.33. The number of amides is 1. The van der Waals surface area contributed by atoms with Crippen molar-refractivity contribution in [1.82, 2.24) is 9.78 Å². The van der Waals surface area contributed by atoms with Crippen molar-refractivity contribution in [3.05, 3.63) is 76.6 Å². The molecule has 0 aliphatic carbocycles. The lowest BCUT2D eigenvalue weighted by Gasteiger charge is -2.09. The molecule has 7 heteroatoms. The van der Waals surface area contributed by atoms with Gasteiger partial charge in [0.25, 0.3) is 5.91 Å². The first-order chi connectivity index (χ1) is 12.8. The number of nitrogens with zero attached hydrogens (tertiary/aromatic N) is 2. The summed E-state index contributed by atoms with van der Waals surface area (Å²) in [6.07, 6.45) is 0. The van der Waals surface area contributed by atoms with Gasteiger partial charge in [-0.3, -0.25) is 9.48 Å². The zero-order valence-electron chi connectivity index (χ0n) is 15.2. The molecular weight excluding hydrogens is 352 g/mol. The fraction of sp³-hybridized carbons (Fsp3) is 0.200. The van der Waals surface area contributed by atoms with Gasteiger partial charge in [-0.1, -0.05) is 12.1 Å². The van der Waals surface area contributed by atoms with Crippen LogP contribution < -0.4 is 10.1 Å². The molecule has 0 spiro atoms. The van der Waals surface area contributed by atoms with E-state index in [9.17, 15) is 13.6 Å². The molecule has 27 heavy (non-hydrogen) atoms. The van der Waals surface area contributed by atoms with Crippen molar-refractivity contribution in [2.75, 3.05) is 5.32 Å². The van der Waals surface area contributed by atoms with E-state index in [1.54, 1.807) is 28.9 Å². The van der Waals surface area contributed by atoms with Gasteiger partial charge in [0, 0.05) is 18.7 Å². The number of halogens is 2. The van der Waals surface area contributed by atoms with Gasteiger partial charge in [0.2, 0.25) is 0 Å². The molecule has 1 aromatic heterocycles. The molecule has 1 heterocycles. The lowest BCUT2D eigenvalue weighted by atomic mass is 10.1. The van der Waals surface area contributed by atoms with Gasteiger partial charge < -0.3 is 10.1 Å². The number of ether oxygens (including phenoxy) is 1. The molecule has 0 atom stereocenters. The second-order valence-electron chi connectivity index (χ2n) is 6.19. The minimum atomic E-state index is -0.772. The van der Waals surface area contributed by atoms with Gasteiger partial charge in [0.15, 0.2) is 11.6 Å². The summed E-state index contributed by atoms with van der Waals surface area (Å²) in [5.74, 6) is -1.76. The molecule has 0 aliphatic rings. The first-order valence-corrected chi connectivity index (χ1v) is 8.33. The molecule has 3 rings (SSSR count). The maximum Gasteiger partial charge on any atom is 0.255 e. The summed E-state index contributed by atoms with van der Waals surface area (Å²) in [7, 11) is 1.81. The third kappa shape index (κ3) is 4.13. The summed E-state index contributed by atoms with van der Waals surface area (Å²) in [6.45, 7) is 3.75. The van der Waals surface area contributed by atoms with E-state index in [0.717, 1.165) is 23.5 Å².